The van der Waals surface area contributed by atoms with Crippen molar-refractivity contribution in [1.82, 2.24) is 4.90 Å². The van der Waals surface area contributed by atoms with E-state index in [9.17, 15) is 10.1 Å². The lowest BCUT2D eigenvalue weighted by Crippen LogP contribution is -2.23. The smallest absolute Gasteiger partial charge is 0.269 e. The maximum Gasteiger partial charge on any atom is 0.269 e. The summed E-state index contributed by atoms with van der Waals surface area (Å²) in [5.41, 5.74) is 1.02. The Hall–Kier alpha value is -1.13. The number of nitro benzene ring substituents is 1. The van der Waals surface area contributed by atoms with Crippen molar-refractivity contribution >= 4 is 17.3 Å². The van der Waals surface area contributed by atoms with Gasteiger partial charge in [-0.15, -0.1) is 11.6 Å². The Morgan fingerprint density at radius 1 is 1.39 bits per heavy atom. The van der Waals surface area contributed by atoms with Crippen LogP contribution in [0.25, 0.3) is 0 Å². The molecule has 1 unspecified atom stereocenters. The van der Waals surface area contributed by atoms with E-state index in [1.165, 1.54) is 12.1 Å². The number of non-ortho nitro benzene ring substituents is 1. The molecule has 5 heteroatoms. The molecule has 0 aromatic heterocycles. The van der Waals surface area contributed by atoms with Crippen LogP contribution in [0.15, 0.2) is 24.3 Å². The number of nitrogens with zero attached hydrogens (tertiary/aromatic N) is 2. The van der Waals surface area contributed by atoms with Crippen LogP contribution in [0.5, 0.6) is 0 Å². The van der Waals surface area contributed by atoms with Gasteiger partial charge in [-0.25, -0.2) is 0 Å². The molecule has 0 saturated carbocycles. The van der Waals surface area contributed by atoms with E-state index in [0.29, 0.717) is 0 Å². The summed E-state index contributed by atoms with van der Waals surface area (Å²) in [6, 6.07) is 6.44. The third-order valence-corrected chi connectivity index (χ3v) is 3.22. The van der Waals surface area contributed by atoms with Crippen LogP contribution in [0.1, 0.15) is 30.7 Å². The molecule has 0 aliphatic carbocycles. The third-order valence-electron chi connectivity index (χ3n) is 2.83. The quantitative estimate of drug-likeness (QED) is 0.432. The maximum absolute atomic E-state index is 10.5. The Balaban J connectivity index is 2.55. The molecular formula is C13H19ClN2O2. The molecule has 0 saturated heterocycles. The average molecular weight is 271 g/mol. The first-order chi connectivity index (χ1) is 8.54. The van der Waals surface area contributed by atoms with Crippen molar-refractivity contribution in [3.8, 4) is 0 Å². The van der Waals surface area contributed by atoms with Crippen molar-refractivity contribution in [2.75, 3.05) is 20.1 Å². The molecular weight excluding hydrogens is 252 g/mol. The Kier molecular flexibility index (Phi) is 6.09. The average Bonchev–Trinajstić information content (AvgIpc) is 2.36. The number of likely N-dealkylation sites (N-methyl/N-ethyl adjacent to an activating group) is 1. The topological polar surface area (TPSA) is 46.4 Å². The van der Waals surface area contributed by atoms with E-state index >= 15 is 0 Å². The zero-order valence-corrected chi connectivity index (χ0v) is 11.6. The van der Waals surface area contributed by atoms with Gasteiger partial charge in [0, 0.05) is 18.7 Å². The van der Waals surface area contributed by atoms with Gasteiger partial charge in [0.25, 0.3) is 5.69 Å². The first-order valence-electron chi connectivity index (χ1n) is 6.11. The fraction of sp³-hybridized carbons (Fsp3) is 0.538. The van der Waals surface area contributed by atoms with Crippen LogP contribution in [-0.2, 0) is 0 Å². The van der Waals surface area contributed by atoms with Crippen molar-refractivity contribution < 1.29 is 4.92 Å². The van der Waals surface area contributed by atoms with Gasteiger partial charge in [-0.3, -0.25) is 10.1 Å². The number of benzene rings is 1. The zero-order valence-electron chi connectivity index (χ0n) is 10.8. The second kappa shape index (κ2) is 7.34. The summed E-state index contributed by atoms with van der Waals surface area (Å²) in [7, 11) is 2.04. The Bertz CT molecular complexity index is 381. The van der Waals surface area contributed by atoms with Gasteiger partial charge in [0.1, 0.15) is 0 Å². The lowest BCUT2D eigenvalue weighted by molar-refractivity contribution is -0.384. The Morgan fingerprint density at radius 2 is 2.00 bits per heavy atom. The van der Waals surface area contributed by atoms with Crippen LogP contribution in [0, 0.1) is 10.1 Å². The normalized spacial score (nSPS) is 12.7. The molecule has 0 fully saturated rings. The number of rotatable bonds is 7. The SMILES string of the molecule is CCCCN(C)CC(Cl)c1ccc([N+](=O)[O-])cc1. The molecule has 1 aromatic carbocycles. The monoisotopic (exact) mass is 270 g/mol. The predicted octanol–water partition coefficient (Wildman–Crippen LogP) is 3.61. The Labute approximate surface area is 113 Å². The van der Waals surface area contributed by atoms with E-state index in [4.69, 9.17) is 11.6 Å². The maximum atomic E-state index is 10.5. The number of hydrogen-bond acceptors (Lipinski definition) is 3. The molecule has 0 radical (unpaired) electrons. The van der Waals surface area contributed by atoms with Crippen molar-refractivity contribution in [3.05, 3.63) is 39.9 Å². The number of unbranched alkanes of at least 4 members (excludes halogenated alkanes) is 1. The predicted molar refractivity (Wildman–Crippen MR) is 74.1 cm³/mol. The minimum absolute atomic E-state index is 0.0990. The first-order valence-corrected chi connectivity index (χ1v) is 6.55. The molecule has 1 atom stereocenters. The zero-order chi connectivity index (χ0) is 13.5. The molecule has 1 rings (SSSR count). The molecule has 0 N–H and O–H groups in total. The molecule has 0 spiro atoms. The Morgan fingerprint density at radius 3 is 2.50 bits per heavy atom. The number of hydrogen-bond donors (Lipinski definition) is 0. The van der Waals surface area contributed by atoms with Gasteiger partial charge in [0.15, 0.2) is 0 Å². The highest BCUT2D eigenvalue weighted by molar-refractivity contribution is 6.21. The highest BCUT2D eigenvalue weighted by Crippen LogP contribution is 2.23. The molecule has 0 aliphatic rings. The largest absolute Gasteiger partial charge is 0.305 e. The van der Waals surface area contributed by atoms with E-state index in [-0.39, 0.29) is 11.1 Å². The van der Waals surface area contributed by atoms with Gasteiger partial charge in [-0.2, -0.15) is 0 Å². The van der Waals surface area contributed by atoms with Crippen molar-refractivity contribution in [3.63, 3.8) is 0 Å². The highest BCUT2D eigenvalue weighted by atomic mass is 35.5. The summed E-state index contributed by atoms with van der Waals surface area (Å²) in [6.45, 7) is 3.93. The second-order valence-electron chi connectivity index (χ2n) is 4.43. The van der Waals surface area contributed by atoms with E-state index in [1.54, 1.807) is 12.1 Å². The lowest BCUT2D eigenvalue weighted by atomic mass is 10.1. The minimum Gasteiger partial charge on any atom is -0.305 e. The minimum atomic E-state index is -0.402. The van der Waals surface area contributed by atoms with Crippen molar-refractivity contribution in [1.29, 1.82) is 0 Å². The van der Waals surface area contributed by atoms with Gasteiger partial charge >= 0.3 is 0 Å². The van der Waals surface area contributed by atoms with Crippen LogP contribution in [0.2, 0.25) is 0 Å². The van der Waals surface area contributed by atoms with Gasteiger partial charge in [0.2, 0.25) is 0 Å². The van der Waals surface area contributed by atoms with Gasteiger partial charge in [-0.05, 0) is 25.6 Å². The van der Waals surface area contributed by atoms with Crippen molar-refractivity contribution in [2.45, 2.75) is 25.1 Å². The van der Waals surface area contributed by atoms with Crippen LogP contribution >= 0.6 is 11.6 Å². The summed E-state index contributed by atoms with van der Waals surface area (Å²) in [5, 5.41) is 10.4. The second-order valence-corrected chi connectivity index (χ2v) is 4.96. The molecule has 1 aromatic rings. The summed E-state index contributed by atoms with van der Waals surface area (Å²) < 4.78 is 0. The summed E-state index contributed by atoms with van der Waals surface area (Å²) in [5.74, 6) is 0. The number of halogens is 1. The first kappa shape index (κ1) is 14.9. The summed E-state index contributed by atoms with van der Waals surface area (Å²) in [6.07, 6.45) is 2.31. The van der Waals surface area contributed by atoms with Crippen LogP contribution < -0.4 is 0 Å². The van der Waals surface area contributed by atoms with Gasteiger partial charge in [-0.1, -0.05) is 25.5 Å². The van der Waals surface area contributed by atoms with Gasteiger partial charge in [0.05, 0.1) is 10.3 Å². The van der Waals surface area contributed by atoms with E-state index in [0.717, 1.165) is 31.5 Å². The van der Waals surface area contributed by atoms with E-state index < -0.39 is 4.92 Å². The van der Waals surface area contributed by atoms with Crippen LogP contribution in [0.3, 0.4) is 0 Å². The number of nitro groups is 1. The van der Waals surface area contributed by atoms with Crippen LogP contribution in [0.4, 0.5) is 5.69 Å². The highest BCUT2D eigenvalue weighted by Gasteiger charge is 2.12. The van der Waals surface area contributed by atoms with Crippen molar-refractivity contribution in [2.24, 2.45) is 0 Å². The molecule has 18 heavy (non-hydrogen) atoms. The van der Waals surface area contributed by atoms with E-state index in [2.05, 4.69) is 11.8 Å². The molecule has 0 amide bonds. The van der Waals surface area contributed by atoms with E-state index in [1.807, 2.05) is 7.05 Å². The molecule has 0 aliphatic heterocycles. The number of alkyl halides is 1. The molecule has 4 nitrogen and oxygen atoms in total. The lowest BCUT2D eigenvalue weighted by Gasteiger charge is -2.19. The van der Waals surface area contributed by atoms with Crippen LogP contribution in [-0.4, -0.2) is 30.0 Å². The summed E-state index contributed by atoms with van der Waals surface area (Å²) in [4.78, 5) is 12.3. The fourth-order valence-electron chi connectivity index (χ4n) is 1.70. The molecule has 100 valence electrons. The molecule has 0 heterocycles. The fourth-order valence-corrected chi connectivity index (χ4v) is 2.08. The van der Waals surface area contributed by atoms with Gasteiger partial charge < -0.3 is 4.90 Å². The molecule has 0 bridgehead atoms. The standard InChI is InChI=1S/C13H19ClN2O2/c1-3-4-9-15(2)10-13(14)11-5-7-12(8-6-11)16(17)18/h5-8,13H,3-4,9-10H2,1-2H3. The summed E-state index contributed by atoms with van der Waals surface area (Å²) >= 11 is 6.30. The third kappa shape index (κ3) is 4.63.